The van der Waals surface area contributed by atoms with Gasteiger partial charge >= 0.3 is 11.8 Å². The van der Waals surface area contributed by atoms with Crippen LogP contribution in [0.2, 0.25) is 5.02 Å². The van der Waals surface area contributed by atoms with Crippen molar-refractivity contribution in [3.05, 3.63) is 21.3 Å². The van der Waals surface area contributed by atoms with Crippen molar-refractivity contribution in [2.45, 2.75) is 20.4 Å². The average Bonchev–Trinajstić information content (AvgIpc) is 2.45. The van der Waals surface area contributed by atoms with Crippen LogP contribution in [0.25, 0.3) is 0 Å². The molecule has 0 spiro atoms. The van der Waals surface area contributed by atoms with E-state index in [0.29, 0.717) is 0 Å². The summed E-state index contributed by atoms with van der Waals surface area (Å²) in [6, 6.07) is 0. The smallest absolute Gasteiger partial charge is 0.408 e. The van der Waals surface area contributed by atoms with Crippen LogP contribution in [0.3, 0.4) is 0 Å². The maximum Gasteiger partial charge on any atom is 0.408 e. The van der Waals surface area contributed by atoms with E-state index >= 15 is 0 Å². The topological polar surface area (TPSA) is 98.3 Å². The molecule has 88 valence electrons. The van der Waals surface area contributed by atoms with Crippen LogP contribution in [0.1, 0.15) is 13.8 Å². The monoisotopic (exact) mass is 247 g/mol. The Morgan fingerprint density at radius 1 is 1.75 bits per heavy atom. The molecule has 0 aliphatic carbocycles. The van der Waals surface area contributed by atoms with Gasteiger partial charge in [-0.25, -0.2) is 0 Å². The molecule has 0 aromatic carbocycles. The zero-order valence-electron chi connectivity index (χ0n) is 8.68. The molecule has 7 nitrogen and oxygen atoms in total. The van der Waals surface area contributed by atoms with Crippen LogP contribution in [0.15, 0.2) is 6.20 Å². The summed E-state index contributed by atoms with van der Waals surface area (Å²) in [4.78, 5) is 20.6. The SMILES string of the molecule is CC(C)(Cn1cc(Cl)c([N+](=O)[O-])n1)C(=O)O. The normalized spacial score (nSPS) is 11.4. The van der Waals surface area contributed by atoms with E-state index in [1.807, 2.05) is 0 Å². The predicted octanol–water partition coefficient (Wildman–Crippen LogP) is 1.56. The molecule has 0 fully saturated rings. The average molecular weight is 248 g/mol. The second-order valence-electron chi connectivity index (χ2n) is 3.94. The van der Waals surface area contributed by atoms with Crippen LogP contribution in [-0.2, 0) is 11.3 Å². The zero-order chi connectivity index (χ0) is 12.5. The molecule has 0 saturated heterocycles. The molecule has 1 aromatic rings. The highest BCUT2D eigenvalue weighted by Crippen LogP contribution is 2.24. The van der Waals surface area contributed by atoms with Crippen LogP contribution < -0.4 is 0 Å². The molecule has 0 saturated carbocycles. The minimum atomic E-state index is -1.07. The molecule has 0 amide bonds. The van der Waals surface area contributed by atoms with E-state index in [4.69, 9.17) is 16.7 Å². The second-order valence-corrected chi connectivity index (χ2v) is 4.35. The lowest BCUT2D eigenvalue weighted by Gasteiger charge is -2.16. The van der Waals surface area contributed by atoms with E-state index in [2.05, 4.69) is 5.10 Å². The predicted molar refractivity (Wildman–Crippen MR) is 55.3 cm³/mol. The number of carboxylic acids is 1. The number of nitrogens with zero attached hydrogens (tertiary/aromatic N) is 3. The molecule has 0 bridgehead atoms. The fraction of sp³-hybridized carbons (Fsp3) is 0.500. The summed E-state index contributed by atoms with van der Waals surface area (Å²) in [5.74, 6) is -1.48. The van der Waals surface area contributed by atoms with Gasteiger partial charge < -0.3 is 15.2 Å². The van der Waals surface area contributed by atoms with Gasteiger partial charge in [0.2, 0.25) is 0 Å². The first-order chi connectivity index (χ1) is 7.24. The molecule has 0 atom stereocenters. The third-order valence-corrected chi connectivity index (χ3v) is 2.27. The first kappa shape index (κ1) is 12.4. The lowest BCUT2D eigenvalue weighted by atomic mass is 9.94. The fourth-order valence-electron chi connectivity index (χ4n) is 1.06. The van der Waals surface area contributed by atoms with Gasteiger partial charge in [-0.2, -0.15) is 4.68 Å². The Morgan fingerprint density at radius 3 is 2.69 bits per heavy atom. The molecule has 1 rings (SSSR count). The molecule has 0 unspecified atom stereocenters. The van der Waals surface area contributed by atoms with Crippen molar-refractivity contribution in [3.8, 4) is 0 Å². The first-order valence-electron chi connectivity index (χ1n) is 4.35. The Kier molecular flexibility index (Phi) is 3.18. The summed E-state index contributed by atoms with van der Waals surface area (Å²) >= 11 is 5.58. The number of aromatic nitrogens is 2. The molecule has 0 aliphatic rings. The standard InChI is InChI=1S/C8H10ClN3O4/c1-8(2,7(13)14)4-11-3-5(9)6(10-11)12(15)16/h3H,4H2,1-2H3,(H,13,14). The number of rotatable bonds is 4. The number of carboxylic acid groups (broad SMARTS) is 1. The molecule has 0 radical (unpaired) electrons. The lowest BCUT2D eigenvalue weighted by Crippen LogP contribution is -2.29. The van der Waals surface area contributed by atoms with Crippen molar-refractivity contribution >= 4 is 23.4 Å². The van der Waals surface area contributed by atoms with Crippen LogP contribution in [0.5, 0.6) is 0 Å². The number of aliphatic carboxylic acids is 1. The van der Waals surface area contributed by atoms with Crippen LogP contribution in [0, 0.1) is 15.5 Å². The van der Waals surface area contributed by atoms with Gasteiger partial charge in [0.15, 0.2) is 5.02 Å². The van der Waals surface area contributed by atoms with Crippen LogP contribution in [-0.4, -0.2) is 25.8 Å². The van der Waals surface area contributed by atoms with E-state index in [0.717, 1.165) is 4.68 Å². The zero-order valence-corrected chi connectivity index (χ0v) is 9.43. The first-order valence-corrected chi connectivity index (χ1v) is 4.72. The number of carbonyl (C=O) groups is 1. The third kappa shape index (κ3) is 2.48. The third-order valence-electron chi connectivity index (χ3n) is 2.01. The van der Waals surface area contributed by atoms with E-state index in [1.54, 1.807) is 0 Å². The van der Waals surface area contributed by atoms with Gasteiger partial charge in [0.05, 0.1) is 23.3 Å². The van der Waals surface area contributed by atoms with Crippen molar-refractivity contribution in [3.63, 3.8) is 0 Å². The van der Waals surface area contributed by atoms with Crippen LogP contribution in [0.4, 0.5) is 5.82 Å². The van der Waals surface area contributed by atoms with Gasteiger partial charge in [0, 0.05) is 0 Å². The van der Waals surface area contributed by atoms with Crippen molar-refractivity contribution in [2.24, 2.45) is 5.41 Å². The van der Waals surface area contributed by atoms with Crippen molar-refractivity contribution in [2.75, 3.05) is 0 Å². The van der Waals surface area contributed by atoms with Crippen LogP contribution >= 0.6 is 11.6 Å². The van der Waals surface area contributed by atoms with Crippen molar-refractivity contribution < 1.29 is 14.8 Å². The quantitative estimate of drug-likeness (QED) is 0.643. The van der Waals surface area contributed by atoms with E-state index < -0.39 is 22.1 Å². The molecule has 0 aliphatic heterocycles. The van der Waals surface area contributed by atoms with E-state index in [-0.39, 0.29) is 11.6 Å². The van der Waals surface area contributed by atoms with Gasteiger partial charge in [-0.3, -0.25) is 4.79 Å². The highest BCUT2D eigenvalue weighted by atomic mass is 35.5. The Bertz CT molecular complexity index is 440. The number of halogens is 1. The summed E-state index contributed by atoms with van der Waals surface area (Å²) in [5.41, 5.74) is -1.07. The summed E-state index contributed by atoms with van der Waals surface area (Å²) < 4.78 is 1.16. The maximum absolute atomic E-state index is 10.8. The Labute approximate surface area is 95.8 Å². The molecule has 8 heteroatoms. The van der Waals surface area contributed by atoms with Gasteiger partial charge in [0.25, 0.3) is 0 Å². The largest absolute Gasteiger partial charge is 0.481 e. The summed E-state index contributed by atoms with van der Waals surface area (Å²) in [5, 5.41) is 22.8. The molecule has 16 heavy (non-hydrogen) atoms. The molecule has 1 heterocycles. The van der Waals surface area contributed by atoms with Crippen molar-refractivity contribution in [1.29, 1.82) is 0 Å². The van der Waals surface area contributed by atoms with Gasteiger partial charge in [-0.05, 0) is 18.8 Å². The lowest BCUT2D eigenvalue weighted by molar-refractivity contribution is -0.389. The second kappa shape index (κ2) is 4.09. The maximum atomic E-state index is 10.8. The highest BCUT2D eigenvalue weighted by Gasteiger charge is 2.31. The molecular formula is C8H10ClN3O4. The van der Waals surface area contributed by atoms with Crippen molar-refractivity contribution in [1.82, 2.24) is 9.78 Å². The Morgan fingerprint density at radius 2 is 2.31 bits per heavy atom. The highest BCUT2D eigenvalue weighted by molar-refractivity contribution is 6.32. The minimum absolute atomic E-state index is 0.00981. The Balaban J connectivity index is 2.96. The fourth-order valence-corrected chi connectivity index (χ4v) is 1.28. The summed E-state index contributed by atoms with van der Waals surface area (Å²) in [7, 11) is 0. The molecule has 1 aromatic heterocycles. The van der Waals surface area contributed by atoms with E-state index in [1.165, 1.54) is 20.0 Å². The number of nitro groups is 1. The molecule has 1 N–H and O–H groups in total. The van der Waals surface area contributed by atoms with Gasteiger partial charge in [0.1, 0.15) is 0 Å². The summed E-state index contributed by atoms with van der Waals surface area (Å²) in [6.45, 7) is 3.00. The number of hydrogen-bond donors (Lipinski definition) is 1. The molecular weight excluding hydrogens is 238 g/mol. The summed E-state index contributed by atoms with van der Waals surface area (Å²) in [6.07, 6.45) is 1.24. The Hall–Kier alpha value is -1.63. The van der Waals surface area contributed by atoms with Gasteiger partial charge in [-0.15, -0.1) is 0 Å². The van der Waals surface area contributed by atoms with E-state index in [9.17, 15) is 14.9 Å². The number of hydrogen-bond acceptors (Lipinski definition) is 4. The van der Waals surface area contributed by atoms with Gasteiger partial charge in [-0.1, -0.05) is 11.6 Å². The minimum Gasteiger partial charge on any atom is -0.481 e.